The van der Waals surface area contributed by atoms with Crippen LogP contribution in [0, 0.1) is 17.1 Å². The Hall–Kier alpha value is -4.38. The van der Waals surface area contributed by atoms with Gasteiger partial charge >= 0.3 is 6.18 Å². The van der Waals surface area contributed by atoms with Crippen LogP contribution in [0.3, 0.4) is 0 Å². The Morgan fingerprint density at radius 2 is 1.89 bits per heavy atom. The van der Waals surface area contributed by atoms with Crippen LogP contribution >= 0.6 is 0 Å². The largest absolute Gasteiger partial charge is 0.449 e. The highest BCUT2D eigenvalue weighted by Gasteiger charge is 2.38. The van der Waals surface area contributed by atoms with E-state index in [0.29, 0.717) is 11.1 Å². The monoisotopic (exact) mass is 528 g/mol. The van der Waals surface area contributed by atoms with E-state index in [2.05, 4.69) is 20.1 Å². The minimum absolute atomic E-state index is 0.000964. The number of morpholine rings is 1. The number of hydrogen-bond donors (Lipinski definition) is 0. The summed E-state index contributed by atoms with van der Waals surface area (Å²) in [5.41, 5.74) is -1.70. The number of rotatable bonds is 3. The van der Waals surface area contributed by atoms with Gasteiger partial charge in [-0.3, -0.25) is 14.0 Å². The van der Waals surface area contributed by atoms with E-state index in [1.165, 1.54) is 12.1 Å². The van der Waals surface area contributed by atoms with Gasteiger partial charge in [-0.25, -0.2) is 19.3 Å². The maximum Gasteiger partial charge on any atom is 0.449 e. The molecule has 3 aromatic heterocycles. The van der Waals surface area contributed by atoms with Crippen LogP contribution in [-0.2, 0) is 25.0 Å². The molecule has 196 valence electrons. The van der Waals surface area contributed by atoms with Crippen LogP contribution in [-0.4, -0.2) is 48.5 Å². The molecule has 1 aliphatic heterocycles. The molecule has 0 N–H and O–H groups in total. The minimum atomic E-state index is -4.96. The van der Waals surface area contributed by atoms with Gasteiger partial charge in [0.15, 0.2) is 5.52 Å². The first-order chi connectivity index (χ1) is 18.0. The molecule has 10 nitrogen and oxygen atoms in total. The Balaban J connectivity index is 1.73. The first-order valence-corrected chi connectivity index (χ1v) is 11.4. The first-order valence-electron chi connectivity index (χ1n) is 11.4. The van der Waals surface area contributed by atoms with E-state index in [1.807, 2.05) is 6.92 Å². The molecule has 2 atom stereocenters. The van der Waals surface area contributed by atoms with E-state index in [-0.39, 0.29) is 35.4 Å². The summed E-state index contributed by atoms with van der Waals surface area (Å²) in [6.45, 7) is 2.37. The molecule has 0 amide bonds. The number of benzene rings is 1. The number of ether oxygens (including phenoxy) is 1. The van der Waals surface area contributed by atoms with Crippen molar-refractivity contribution in [1.82, 2.24) is 29.3 Å². The van der Waals surface area contributed by atoms with Crippen molar-refractivity contribution in [2.75, 3.05) is 18.0 Å². The van der Waals surface area contributed by atoms with Crippen molar-refractivity contribution in [3.05, 3.63) is 63.7 Å². The van der Waals surface area contributed by atoms with Gasteiger partial charge in [0.25, 0.3) is 5.56 Å². The van der Waals surface area contributed by atoms with Crippen LogP contribution in [0.1, 0.15) is 30.0 Å². The fraction of sp³-hybridized carbons (Fsp3) is 0.333. The molecule has 5 rings (SSSR count). The van der Waals surface area contributed by atoms with Crippen molar-refractivity contribution in [2.45, 2.75) is 25.3 Å². The quantitative estimate of drug-likeness (QED) is 0.373. The lowest BCUT2D eigenvalue weighted by Crippen LogP contribution is -2.44. The fourth-order valence-electron chi connectivity index (χ4n) is 4.40. The van der Waals surface area contributed by atoms with Gasteiger partial charge in [0.2, 0.25) is 11.8 Å². The van der Waals surface area contributed by atoms with E-state index in [0.717, 1.165) is 18.7 Å². The molecule has 38 heavy (non-hydrogen) atoms. The maximum absolute atomic E-state index is 15.1. The third kappa shape index (κ3) is 4.45. The molecular formula is C24H20F4N8O2. The number of alkyl halides is 3. The van der Waals surface area contributed by atoms with Crippen LogP contribution in [0.25, 0.3) is 22.3 Å². The zero-order valence-electron chi connectivity index (χ0n) is 20.4. The van der Waals surface area contributed by atoms with Crippen LogP contribution in [0.2, 0.25) is 0 Å². The molecule has 4 heterocycles. The van der Waals surface area contributed by atoms with E-state index >= 15 is 4.39 Å². The van der Waals surface area contributed by atoms with Crippen molar-refractivity contribution >= 4 is 17.0 Å². The summed E-state index contributed by atoms with van der Waals surface area (Å²) >= 11 is 0. The molecule has 0 spiro atoms. The molecule has 0 aliphatic carbocycles. The standard InChI is InChI=1S/C24H20F4N8O2/c1-12-9-36(11-17(38-12)14-8-30-34(2)10-14)23-32-18(15-5-4-13(7-29)6-16(15)25)19-20(33-23)21(37)35(3)22(31-19)24(26,27)28/h4-6,8,10,12,17H,9,11H2,1-3H3/t12-,17-/m1/s1. The molecule has 0 radical (unpaired) electrons. The predicted octanol–water partition coefficient (Wildman–Crippen LogP) is 3.12. The van der Waals surface area contributed by atoms with Crippen LogP contribution in [0.5, 0.6) is 0 Å². The summed E-state index contributed by atoms with van der Waals surface area (Å²) in [6.07, 6.45) is -2.26. The van der Waals surface area contributed by atoms with Crippen molar-refractivity contribution in [3.8, 4) is 17.3 Å². The lowest BCUT2D eigenvalue weighted by Gasteiger charge is -2.36. The summed E-state index contributed by atoms with van der Waals surface area (Å²) < 4.78 is 64.2. The Bertz CT molecular complexity index is 1660. The second-order valence-electron chi connectivity index (χ2n) is 8.96. The fourth-order valence-corrected chi connectivity index (χ4v) is 4.40. The number of hydrogen-bond acceptors (Lipinski definition) is 8. The zero-order valence-corrected chi connectivity index (χ0v) is 20.4. The molecule has 1 aliphatic rings. The maximum atomic E-state index is 15.1. The average Bonchev–Trinajstić information content (AvgIpc) is 3.31. The predicted molar refractivity (Wildman–Crippen MR) is 126 cm³/mol. The number of anilines is 1. The molecule has 0 saturated carbocycles. The van der Waals surface area contributed by atoms with Crippen LogP contribution in [0.4, 0.5) is 23.5 Å². The van der Waals surface area contributed by atoms with E-state index in [4.69, 9.17) is 10.00 Å². The lowest BCUT2D eigenvalue weighted by molar-refractivity contribution is -0.147. The summed E-state index contributed by atoms with van der Waals surface area (Å²) in [5, 5.41) is 13.3. The Morgan fingerprint density at radius 1 is 1.13 bits per heavy atom. The van der Waals surface area contributed by atoms with Gasteiger partial charge in [0, 0.05) is 38.0 Å². The van der Waals surface area contributed by atoms with Crippen molar-refractivity contribution in [3.63, 3.8) is 0 Å². The molecule has 1 aromatic carbocycles. The number of aromatic nitrogens is 6. The topological polar surface area (TPSA) is 115 Å². The summed E-state index contributed by atoms with van der Waals surface area (Å²) in [4.78, 5) is 27.2. The summed E-state index contributed by atoms with van der Waals surface area (Å²) in [5.74, 6) is -2.38. The molecule has 0 bridgehead atoms. The van der Waals surface area contributed by atoms with Gasteiger partial charge in [0.1, 0.15) is 23.1 Å². The smallest absolute Gasteiger partial charge is 0.367 e. The van der Waals surface area contributed by atoms with Crippen LogP contribution in [0.15, 0.2) is 35.4 Å². The Kier molecular flexibility index (Phi) is 6.10. The highest BCUT2D eigenvalue weighted by Crippen LogP contribution is 2.34. The van der Waals surface area contributed by atoms with Crippen molar-refractivity contribution in [2.24, 2.45) is 14.1 Å². The normalized spacial score (nSPS) is 18.1. The van der Waals surface area contributed by atoms with Crippen LogP contribution < -0.4 is 10.5 Å². The van der Waals surface area contributed by atoms with Gasteiger partial charge in [-0.1, -0.05) is 0 Å². The Morgan fingerprint density at radius 3 is 2.53 bits per heavy atom. The SMILES string of the molecule is C[C@@H]1CN(c2nc(-c3ccc(C#N)cc3F)c3nc(C(F)(F)F)n(C)c(=O)c3n2)C[C@H](c2cnn(C)c2)O1. The van der Waals surface area contributed by atoms with E-state index < -0.39 is 40.5 Å². The lowest BCUT2D eigenvalue weighted by atomic mass is 10.1. The number of fused-ring (bicyclic) bond motifs is 1. The van der Waals surface area contributed by atoms with Gasteiger partial charge in [0.05, 0.1) is 30.5 Å². The second kappa shape index (κ2) is 9.18. The number of nitrogens with zero attached hydrogens (tertiary/aromatic N) is 8. The minimum Gasteiger partial charge on any atom is -0.367 e. The van der Waals surface area contributed by atoms with E-state index in [9.17, 15) is 18.0 Å². The first kappa shape index (κ1) is 25.3. The number of aryl methyl sites for hydroxylation is 1. The molecule has 1 saturated heterocycles. The third-order valence-corrected chi connectivity index (χ3v) is 6.16. The van der Waals surface area contributed by atoms with Crippen molar-refractivity contribution < 1.29 is 22.3 Å². The molecule has 1 fully saturated rings. The van der Waals surface area contributed by atoms with Gasteiger partial charge < -0.3 is 9.64 Å². The Labute approximate surface area is 212 Å². The highest BCUT2D eigenvalue weighted by molar-refractivity contribution is 5.90. The average molecular weight is 528 g/mol. The van der Waals surface area contributed by atoms with Gasteiger partial charge in [-0.05, 0) is 25.1 Å². The van der Waals surface area contributed by atoms with Gasteiger partial charge in [-0.15, -0.1) is 0 Å². The summed E-state index contributed by atoms with van der Waals surface area (Å²) in [7, 11) is 2.70. The zero-order chi connectivity index (χ0) is 27.4. The van der Waals surface area contributed by atoms with Gasteiger partial charge in [-0.2, -0.15) is 23.5 Å². The number of halogens is 4. The van der Waals surface area contributed by atoms with Crippen molar-refractivity contribution in [1.29, 1.82) is 5.26 Å². The molecule has 14 heteroatoms. The third-order valence-electron chi connectivity index (χ3n) is 6.16. The molecule has 0 unspecified atom stereocenters. The number of nitriles is 1. The van der Waals surface area contributed by atoms with E-state index in [1.54, 1.807) is 35.1 Å². The molecular weight excluding hydrogens is 508 g/mol. The second-order valence-corrected chi connectivity index (χ2v) is 8.96. The highest BCUT2D eigenvalue weighted by atomic mass is 19.4. The summed E-state index contributed by atoms with van der Waals surface area (Å²) in [6, 6.07) is 5.25. The molecule has 4 aromatic rings.